The molecule has 12 heteroatoms. The van der Waals surface area contributed by atoms with Gasteiger partial charge >= 0.3 is 0 Å². The van der Waals surface area contributed by atoms with Gasteiger partial charge in [0.25, 0.3) is 0 Å². The Morgan fingerprint density at radius 2 is 0.848 bits per heavy atom. The highest BCUT2D eigenvalue weighted by molar-refractivity contribution is 4.62. The van der Waals surface area contributed by atoms with Crippen molar-refractivity contribution in [3.8, 4) is 0 Å². The van der Waals surface area contributed by atoms with Crippen molar-refractivity contribution in [3.05, 3.63) is 0 Å². The second-order valence-corrected chi connectivity index (χ2v) is 7.59. The Balaban J connectivity index is -0.0000000668. The highest BCUT2D eigenvalue weighted by Gasteiger charge is 2.13. The molecule has 0 heterocycles. The van der Waals surface area contributed by atoms with Crippen LogP contribution in [0.15, 0.2) is 0 Å². The van der Waals surface area contributed by atoms with Crippen molar-refractivity contribution >= 4 is 0 Å². The normalized spacial score (nSPS) is 11.5. The fraction of sp³-hybridized carbons (Fsp3) is 1.00. The first-order valence-electron chi connectivity index (χ1n) is 10.8. The predicted octanol–water partition coefficient (Wildman–Crippen LogP) is -2.95. The fourth-order valence-electron chi connectivity index (χ4n) is 0.365. The number of rotatable bonds is 10. The molecule has 12 N–H and O–H groups in total. The minimum atomic E-state index is -0.560. The maximum Gasteiger partial charge on any atom is 0.0742 e. The first-order valence-corrected chi connectivity index (χ1v) is 10.8. The van der Waals surface area contributed by atoms with E-state index in [2.05, 4.69) is 0 Å². The molecule has 0 aromatic heterocycles. The van der Waals surface area contributed by atoms with Gasteiger partial charge < -0.3 is 61.3 Å². The average molecular weight is 499 g/mol. The zero-order valence-electron chi connectivity index (χ0n) is 21.1. The summed E-state index contributed by atoms with van der Waals surface area (Å²) in [5, 5.41) is 96.8. The van der Waals surface area contributed by atoms with E-state index in [4.69, 9.17) is 61.3 Å². The highest BCUT2D eigenvalue weighted by Crippen LogP contribution is 2.10. The Morgan fingerprint density at radius 1 is 0.515 bits per heavy atom. The van der Waals surface area contributed by atoms with Crippen LogP contribution < -0.4 is 0 Å². The number of hydrogen-bond donors (Lipinski definition) is 12. The number of aliphatic hydroxyl groups excluding tert-OH is 12. The van der Waals surface area contributed by atoms with E-state index in [1.54, 1.807) is 27.7 Å². The summed E-state index contributed by atoms with van der Waals surface area (Å²) < 4.78 is 0. The van der Waals surface area contributed by atoms with Gasteiger partial charge in [0.1, 0.15) is 0 Å². The van der Waals surface area contributed by atoms with Crippen molar-refractivity contribution < 1.29 is 61.3 Å². The van der Waals surface area contributed by atoms with E-state index in [1.165, 1.54) is 6.92 Å². The van der Waals surface area contributed by atoms with Crippen molar-refractivity contribution in [3.63, 3.8) is 0 Å². The molecule has 0 fully saturated rings. The maximum absolute atomic E-state index is 8.43. The van der Waals surface area contributed by atoms with E-state index < -0.39 is 6.10 Å². The summed E-state index contributed by atoms with van der Waals surface area (Å²) in [6, 6.07) is 0. The van der Waals surface area contributed by atoms with Crippen molar-refractivity contribution in [1.29, 1.82) is 0 Å². The van der Waals surface area contributed by atoms with Crippen LogP contribution in [-0.2, 0) is 0 Å². The molecule has 33 heavy (non-hydrogen) atoms. The van der Waals surface area contributed by atoms with Crippen LogP contribution in [0.1, 0.15) is 47.5 Å². The van der Waals surface area contributed by atoms with Crippen LogP contribution in [0.4, 0.5) is 0 Å². The molecule has 2 atom stereocenters. The molecular weight excluding hydrogens is 444 g/mol. The molecule has 0 aliphatic carbocycles. The second kappa shape index (κ2) is 41.7. The van der Waals surface area contributed by atoms with Crippen LogP contribution in [-0.4, -0.2) is 140 Å². The molecule has 12 nitrogen and oxygen atoms in total. The minimum absolute atomic E-state index is 0.0451. The highest BCUT2D eigenvalue weighted by atomic mass is 16.3. The van der Waals surface area contributed by atoms with Crippen molar-refractivity contribution in [2.24, 2.45) is 11.3 Å². The van der Waals surface area contributed by atoms with E-state index in [-0.39, 0.29) is 83.5 Å². The molecule has 0 saturated carbocycles. The Kier molecular flexibility index (Phi) is 58.1. The lowest BCUT2D eigenvalue weighted by atomic mass is 9.97. The monoisotopic (exact) mass is 498 g/mol. The lowest BCUT2D eigenvalue weighted by Crippen LogP contribution is -2.20. The quantitative estimate of drug-likeness (QED) is 0.145. The van der Waals surface area contributed by atoms with E-state index in [0.29, 0.717) is 12.8 Å². The van der Waals surface area contributed by atoms with Crippen LogP contribution >= 0.6 is 0 Å². The van der Waals surface area contributed by atoms with Gasteiger partial charge in [0, 0.05) is 44.4 Å². The summed E-state index contributed by atoms with van der Waals surface area (Å²) in [5.74, 6) is 0.0463. The SMILES string of the molecule is CC(C)(CO)CO.CC(CO)CO.CC(O)CCO.CC(O)CO.OCCCO.OCCO. The molecule has 0 saturated heterocycles. The maximum atomic E-state index is 8.43. The molecule has 2 unspecified atom stereocenters. The first-order chi connectivity index (χ1) is 15.3. The fourth-order valence-corrected chi connectivity index (χ4v) is 0.365. The summed E-state index contributed by atoms with van der Waals surface area (Å²) in [4.78, 5) is 0. The van der Waals surface area contributed by atoms with Gasteiger partial charge in [-0.15, -0.1) is 0 Å². The molecule has 0 aromatic rings. The molecule has 0 aromatic carbocycles. The summed E-state index contributed by atoms with van der Waals surface area (Å²) >= 11 is 0. The van der Waals surface area contributed by atoms with Crippen LogP contribution in [0, 0.1) is 11.3 Å². The Hall–Kier alpha value is -0.480. The van der Waals surface area contributed by atoms with Gasteiger partial charge in [-0.3, -0.25) is 0 Å². The molecule has 0 bridgehead atoms. The van der Waals surface area contributed by atoms with Gasteiger partial charge in [-0.1, -0.05) is 20.8 Å². The van der Waals surface area contributed by atoms with Crippen LogP contribution in [0.5, 0.6) is 0 Å². The molecule has 0 aliphatic heterocycles. The van der Waals surface area contributed by atoms with E-state index >= 15 is 0 Å². The van der Waals surface area contributed by atoms with E-state index in [1.807, 2.05) is 0 Å². The standard InChI is InChI=1S/C5H12O2.2C4H10O2.2C3H8O2.C2H6O2/c1-5(2,3-6)4-7;1-4(2-5)3-6;1-4(6)2-3-5;1-3(5)2-4;4-2-1-3-5;3-1-2-4/h6-7H,3-4H2,1-2H3;2*4-6H,2-3H2,1H3;3-5H,2H2,1H3;4-5H,1-3H2;3-4H,1-2H2. The molecule has 0 amide bonds. The minimum Gasteiger partial charge on any atom is -0.396 e. The molecule has 210 valence electrons. The van der Waals surface area contributed by atoms with Crippen molar-refractivity contribution in [2.45, 2.75) is 59.7 Å². The Morgan fingerprint density at radius 3 is 0.848 bits per heavy atom. The van der Waals surface area contributed by atoms with E-state index in [0.717, 1.165) is 0 Å². The molecule has 0 spiro atoms. The third kappa shape index (κ3) is 89.5. The van der Waals surface area contributed by atoms with Gasteiger partial charge in [0.15, 0.2) is 0 Å². The van der Waals surface area contributed by atoms with Gasteiger partial charge in [0.05, 0.1) is 45.2 Å². The average Bonchev–Trinajstić information content (AvgIpc) is 2.80. The Bertz CT molecular complexity index is 266. The second-order valence-electron chi connectivity index (χ2n) is 7.59. The summed E-state index contributed by atoms with van der Waals surface area (Å²) in [5.41, 5.74) is -0.306. The van der Waals surface area contributed by atoms with Gasteiger partial charge in [-0.05, 0) is 26.7 Å². The first kappa shape index (κ1) is 45.9. The number of hydrogen-bond acceptors (Lipinski definition) is 12. The zero-order chi connectivity index (χ0) is 27.7. The Labute approximate surface area is 199 Å². The predicted molar refractivity (Wildman–Crippen MR) is 126 cm³/mol. The number of aliphatic hydroxyl groups is 12. The third-order valence-corrected chi connectivity index (χ3v) is 2.71. The molecule has 0 radical (unpaired) electrons. The summed E-state index contributed by atoms with van der Waals surface area (Å²) in [7, 11) is 0. The van der Waals surface area contributed by atoms with E-state index in [9.17, 15) is 0 Å². The molecule has 0 rings (SSSR count). The lowest BCUT2D eigenvalue weighted by Gasteiger charge is -2.16. The molecule has 0 aliphatic rings. The van der Waals surface area contributed by atoms with Gasteiger partial charge in [0.2, 0.25) is 0 Å². The zero-order valence-corrected chi connectivity index (χ0v) is 21.1. The third-order valence-electron chi connectivity index (χ3n) is 2.71. The van der Waals surface area contributed by atoms with Gasteiger partial charge in [-0.25, -0.2) is 0 Å². The smallest absolute Gasteiger partial charge is 0.0742 e. The van der Waals surface area contributed by atoms with Crippen LogP contribution in [0.2, 0.25) is 0 Å². The summed E-state index contributed by atoms with van der Waals surface area (Å²) in [6.07, 6.45) is 0.0741. The lowest BCUT2D eigenvalue weighted by molar-refractivity contribution is 0.0857. The van der Waals surface area contributed by atoms with Crippen LogP contribution in [0.3, 0.4) is 0 Å². The largest absolute Gasteiger partial charge is 0.396 e. The van der Waals surface area contributed by atoms with Crippen molar-refractivity contribution in [1.82, 2.24) is 0 Å². The van der Waals surface area contributed by atoms with Crippen LogP contribution in [0.25, 0.3) is 0 Å². The van der Waals surface area contributed by atoms with Crippen molar-refractivity contribution in [2.75, 3.05) is 66.1 Å². The molecular formula is C21H54O12. The topological polar surface area (TPSA) is 243 Å². The van der Waals surface area contributed by atoms with Gasteiger partial charge in [-0.2, -0.15) is 0 Å². The summed E-state index contributed by atoms with van der Waals surface area (Å²) in [6.45, 7) is 8.68.